The molecule has 1 atom stereocenters. The van der Waals surface area contributed by atoms with Crippen LogP contribution in [-0.4, -0.2) is 22.3 Å². The number of likely N-dealkylation sites (tertiary alicyclic amines) is 1. The molecule has 126 valence electrons. The number of fused-ring (bicyclic) bond motifs is 1. The summed E-state index contributed by atoms with van der Waals surface area (Å²) in [6.07, 6.45) is 0.901. The van der Waals surface area contributed by atoms with Gasteiger partial charge in [0.05, 0.1) is 17.1 Å². The first-order valence-corrected chi connectivity index (χ1v) is 8.47. The van der Waals surface area contributed by atoms with Crippen molar-refractivity contribution in [3.05, 3.63) is 76.7 Å². The first-order chi connectivity index (χ1) is 12.0. The number of aryl methyl sites for hydroxylation is 2. The smallest absolute Gasteiger partial charge is 0.255 e. The minimum Gasteiger partial charge on any atom is -0.331 e. The number of halogens is 1. The molecular weight excluding hydrogens is 315 g/mol. The Labute approximate surface area is 146 Å². The minimum atomic E-state index is -0.257. The summed E-state index contributed by atoms with van der Waals surface area (Å²) >= 11 is 0. The van der Waals surface area contributed by atoms with Gasteiger partial charge in [-0.15, -0.1) is 0 Å². The molecule has 3 aromatic rings. The average Bonchev–Trinajstić information content (AvgIpc) is 2.55. The molecule has 2 heterocycles. The summed E-state index contributed by atoms with van der Waals surface area (Å²) in [7, 11) is 0. The quantitative estimate of drug-likeness (QED) is 0.687. The molecule has 0 N–H and O–H groups in total. The van der Waals surface area contributed by atoms with Crippen molar-refractivity contribution in [3.63, 3.8) is 0 Å². The fraction of sp³-hybridized carbons (Fsp3) is 0.238. The molecule has 1 amide bonds. The van der Waals surface area contributed by atoms with E-state index in [1.807, 2.05) is 43.0 Å². The second-order valence-corrected chi connectivity index (χ2v) is 6.69. The van der Waals surface area contributed by atoms with Gasteiger partial charge in [-0.25, -0.2) is 4.39 Å². The summed E-state index contributed by atoms with van der Waals surface area (Å²) in [5.41, 5.74) is 4.45. The van der Waals surface area contributed by atoms with Crippen molar-refractivity contribution in [1.82, 2.24) is 9.88 Å². The van der Waals surface area contributed by atoms with E-state index in [0.717, 1.165) is 40.7 Å². The third-order valence-corrected chi connectivity index (χ3v) is 4.86. The lowest BCUT2D eigenvalue weighted by atomic mass is 9.93. The van der Waals surface area contributed by atoms with Gasteiger partial charge in [0, 0.05) is 17.6 Å². The maximum absolute atomic E-state index is 13.2. The van der Waals surface area contributed by atoms with E-state index in [2.05, 4.69) is 4.98 Å². The van der Waals surface area contributed by atoms with E-state index >= 15 is 0 Å². The van der Waals surface area contributed by atoms with E-state index < -0.39 is 0 Å². The summed E-state index contributed by atoms with van der Waals surface area (Å²) in [5, 5.41) is 0.889. The third-order valence-electron chi connectivity index (χ3n) is 4.86. The zero-order chi connectivity index (χ0) is 17.6. The molecule has 0 bridgehead atoms. The van der Waals surface area contributed by atoms with Crippen LogP contribution in [0.5, 0.6) is 0 Å². The monoisotopic (exact) mass is 334 g/mol. The van der Waals surface area contributed by atoms with Crippen LogP contribution in [0.4, 0.5) is 4.39 Å². The van der Waals surface area contributed by atoms with E-state index in [-0.39, 0.29) is 17.8 Å². The van der Waals surface area contributed by atoms with Crippen LogP contribution in [0.3, 0.4) is 0 Å². The fourth-order valence-corrected chi connectivity index (χ4v) is 3.47. The van der Waals surface area contributed by atoms with Gasteiger partial charge in [0.15, 0.2) is 0 Å². The van der Waals surface area contributed by atoms with Gasteiger partial charge in [-0.05, 0) is 56.2 Å². The van der Waals surface area contributed by atoms with Gasteiger partial charge in [-0.3, -0.25) is 9.78 Å². The van der Waals surface area contributed by atoms with Gasteiger partial charge in [-0.2, -0.15) is 0 Å². The highest BCUT2D eigenvalue weighted by Crippen LogP contribution is 2.35. The highest BCUT2D eigenvalue weighted by Gasteiger charge is 2.34. The Morgan fingerprint density at radius 1 is 1.12 bits per heavy atom. The molecule has 0 spiro atoms. The van der Waals surface area contributed by atoms with Crippen LogP contribution in [0.2, 0.25) is 0 Å². The summed E-state index contributed by atoms with van der Waals surface area (Å²) in [6.45, 7) is 4.64. The van der Waals surface area contributed by atoms with E-state index in [1.165, 1.54) is 12.1 Å². The van der Waals surface area contributed by atoms with E-state index in [9.17, 15) is 9.18 Å². The second kappa shape index (κ2) is 5.96. The Bertz CT molecular complexity index is 966. The Morgan fingerprint density at radius 2 is 1.88 bits per heavy atom. The summed E-state index contributed by atoms with van der Waals surface area (Å²) in [5.74, 6) is -0.242. The highest BCUT2D eigenvalue weighted by atomic mass is 19.1. The van der Waals surface area contributed by atoms with Gasteiger partial charge in [0.2, 0.25) is 0 Å². The Kier molecular flexibility index (Phi) is 3.75. The van der Waals surface area contributed by atoms with Crippen LogP contribution in [0.1, 0.15) is 39.6 Å². The van der Waals surface area contributed by atoms with E-state index in [0.29, 0.717) is 5.56 Å². The topological polar surface area (TPSA) is 33.2 Å². The van der Waals surface area contributed by atoms with Crippen LogP contribution in [0.15, 0.2) is 48.5 Å². The molecule has 1 aromatic heterocycles. The van der Waals surface area contributed by atoms with Crippen LogP contribution in [0.25, 0.3) is 10.9 Å². The Morgan fingerprint density at radius 3 is 2.56 bits per heavy atom. The van der Waals surface area contributed by atoms with Gasteiger partial charge in [-0.1, -0.05) is 23.8 Å². The van der Waals surface area contributed by atoms with Crippen molar-refractivity contribution < 1.29 is 9.18 Å². The van der Waals surface area contributed by atoms with Gasteiger partial charge in [0.25, 0.3) is 5.91 Å². The minimum absolute atomic E-state index is 0.0152. The van der Waals surface area contributed by atoms with Crippen LogP contribution >= 0.6 is 0 Å². The van der Waals surface area contributed by atoms with Crippen molar-refractivity contribution in [1.29, 1.82) is 0 Å². The number of carbonyl (C=O) groups excluding carboxylic acids is 1. The maximum atomic E-state index is 13.2. The number of pyridine rings is 1. The number of aromatic nitrogens is 1. The first kappa shape index (κ1) is 15.8. The number of carbonyl (C=O) groups is 1. The first-order valence-electron chi connectivity index (χ1n) is 8.47. The molecule has 0 unspecified atom stereocenters. The summed E-state index contributed by atoms with van der Waals surface area (Å²) in [6, 6.07) is 14.3. The largest absolute Gasteiger partial charge is 0.331 e. The Balaban J connectivity index is 1.72. The molecule has 0 radical (unpaired) electrons. The zero-order valence-electron chi connectivity index (χ0n) is 14.3. The van der Waals surface area contributed by atoms with Crippen LogP contribution in [-0.2, 0) is 0 Å². The van der Waals surface area contributed by atoms with Crippen molar-refractivity contribution in [2.24, 2.45) is 0 Å². The molecule has 4 rings (SSSR count). The van der Waals surface area contributed by atoms with Crippen molar-refractivity contribution in [3.8, 4) is 0 Å². The van der Waals surface area contributed by atoms with Crippen LogP contribution < -0.4 is 0 Å². The number of nitrogens with zero attached hydrogens (tertiary/aromatic N) is 2. The molecule has 0 aliphatic carbocycles. The average molecular weight is 334 g/mol. The van der Waals surface area contributed by atoms with Crippen molar-refractivity contribution in [2.45, 2.75) is 26.3 Å². The molecule has 1 aliphatic rings. The second-order valence-electron chi connectivity index (χ2n) is 6.69. The third kappa shape index (κ3) is 2.78. The van der Waals surface area contributed by atoms with Crippen molar-refractivity contribution in [2.75, 3.05) is 6.54 Å². The van der Waals surface area contributed by atoms with E-state index in [1.54, 1.807) is 12.1 Å². The maximum Gasteiger partial charge on any atom is 0.255 e. The molecule has 1 aliphatic heterocycles. The molecule has 2 aromatic carbocycles. The van der Waals surface area contributed by atoms with Gasteiger partial charge < -0.3 is 4.90 Å². The molecule has 0 saturated carbocycles. The zero-order valence-corrected chi connectivity index (χ0v) is 14.3. The highest BCUT2D eigenvalue weighted by molar-refractivity contribution is 6.06. The Hall–Kier alpha value is -2.75. The number of hydrogen-bond acceptors (Lipinski definition) is 2. The van der Waals surface area contributed by atoms with Gasteiger partial charge in [0.1, 0.15) is 5.82 Å². The lowest BCUT2D eigenvalue weighted by Gasteiger charge is -2.41. The predicted octanol–water partition coefficient (Wildman–Crippen LogP) is 4.58. The van der Waals surface area contributed by atoms with Crippen molar-refractivity contribution >= 4 is 16.8 Å². The molecular formula is C21H19FN2O. The molecule has 25 heavy (non-hydrogen) atoms. The predicted molar refractivity (Wildman–Crippen MR) is 96.0 cm³/mol. The fourth-order valence-electron chi connectivity index (χ4n) is 3.47. The van der Waals surface area contributed by atoms with Gasteiger partial charge >= 0.3 is 0 Å². The number of benzene rings is 2. The summed E-state index contributed by atoms with van der Waals surface area (Å²) in [4.78, 5) is 19.6. The lowest BCUT2D eigenvalue weighted by molar-refractivity contribution is 0.0462. The SMILES string of the molecule is Cc1ccc2nc(C)cc(C(=O)N3CC[C@@H]3c3ccc(F)cc3)c2c1. The van der Waals surface area contributed by atoms with Crippen LogP contribution in [0, 0.1) is 19.7 Å². The number of hydrogen-bond donors (Lipinski definition) is 0. The molecule has 3 nitrogen and oxygen atoms in total. The molecule has 1 saturated heterocycles. The molecule has 4 heteroatoms. The normalized spacial score (nSPS) is 16.8. The number of rotatable bonds is 2. The van der Waals surface area contributed by atoms with E-state index in [4.69, 9.17) is 0 Å². The number of amides is 1. The lowest BCUT2D eigenvalue weighted by Crippen LogP contribution is -2.45. The molecule has 1 fully saturated rings. The summed E-state index contributed by atoms with van der Waals surface area (Å²) < 4.78 is 13.2. The standard InChI is InChI=1S/C21H19FN2O/c1-13-3-8-19-17(11-13)18(12-14(2)23-19)21(25)24-10-9-20(24)15-4-6-16(22)7-5-15/h3-8,11-12,20H,9-10H2,1-2H3/t20-/m1/s1.